The lowest BCUT2D eigenvalue weighted by atomic mass is 10.0. The van der Waals surface area contributed by atoms with Crippen molar-refractivity contribution in [1.29, 1.82) is 0 Å². The fourth-order valence-electron chi connectivity index (χ4n) is 4.89. The van der Waals surface area contributed by atoms with Crippen molar-refractivity contribution < 1.29 is 22.7 Å². The van der Waals surface area contributed by atoms with Gasteiger partial charge in [0.1, 0.15) is 11.5 Å². The van der Waals surface area contributed by atoms with Gasteiger partial charge in [0.05, 0.1) is 18.4 Å². The molecule has 10 nitrogen and oxygen atoms in total. The van der Waals surface area contributed by atoms with Gasteiger partial charge < -0.3 is 20.1 Å². The molecule has 0 unspecified atom stereocenters. The maximum Gasteiger partial charge on any atom is 0.255 e. The number of hydrogen-bond donors (Lipinski definition) is 3. The summed E-state index contributed by atoms with van der Waals surface area (Å²) in [6.45, 7) is 2.71. The summed E-state index contributed by atoms with van der Waals surface area (Å²) in [5.41, 5.74) is 3.71. The number of carbonyl (C=O) groups is 1. The first-order valence-electron chi connectivity index (χ1n) is 14.1. The Labute approximate surface area is 262 Å². The number of nitrogens with zero attached hydrogens (tertiary/aromatic N) is 2. The minimum Gasteiger partial charge on any atom is -0.495 e. The second kappa shape index (κ2) is 14.0. The standard InChI is InChI=1S/C32H34ClN5O5S/c1-42-30-13-10-27(19-29(30)33)36-32(39)23-4-6-24(7-5-23)35-25-15-17-38(18-16-25)21-22-3-14-31(34-20-22)43-28-11-8-26(9-12-28)37-44(2,40)41/h3-14,19-20,25,35,37H,15-18,21H2,1-2H3,(H,36,39). The lowest BCUT2D eigenvalue weighted by Gasteiger charge is -2.32. The molecule has 0 aliphatic carbocycles. The van der Waals surface area contributed by atoms with E-state index in [1.807, 2.05) is 42.6 Å². The van der Waals surface area contributed by atoms with Crippen LogP contribution in [-0.2, 0) is 16.6 Å². The van der Waals surface area contributed by atoms with Gasteiger partial charge in [0.15, 0.2) is 0 Å². The Balaban J connectivity index is 1.05. The maximum absolute atomic E-state index is 12.7. The molecule has 230 valence electrons. The molecule has 0 bridgehead atoms. The molecule has 0 spiro atoms. The largest absolute Gasteiger partial charge is 0.495 e. The van der Waals surface area contributed by atoms with Gasteiger partial charge in [-0.25, -0.2) is 13.4 Å². The Morgan fingerprint density at radius 3 is 2.25 bits per heavy atom. The highest BCUT2D eigenvalue weighted by atomic mass is 35.5. The van der Waals surface area contributed by atoms with Crippen LogP contribution in [0.25, 0.3) is 0 Å². The second-order valence-corrected chi connectivity index (χ2v) is 12.7. The van der Waals surface area contributed by atoms with Crippen molar-refractivity contribution in [1.82, 2.24) is 9.88 Å². The van der Waals surface area contributed by atoms with Crippen LogP contribution in [0.4, 0.5) is 17.1 Å². The van der Waals surface area contributed by atoms with Crippen LogP contribution < -0.4 is 24.8 Å². The van der Waals surface area contributed by atoms with E-state index < -0.39 is 10.0 Å². The van der Waals surface area contributed by atoms with E-state index in [-0.39, 0.29) is 5.91 Å². The van der Waals surface area contributed by atoms with Gasteiger partial charge in [-0.05, 0) is 85.1 Å². The number of likely N-dealkylation sites (tertiary alicyclic amines) is 1. The highest BCUT2D eigenvalue weighted by Gasteiger charge is 2.19. The van der Waals surface area contributed by atoms with E-state index in [1.165, 1.54) is 0 Å². The quantitative estimate of drug-likeness (QED) is 0.177. The van der Waals surface area contributed by atoms with Crippen LogP contribution in [0, 0.1) is 0 Å². The summed E-state index contributed by atoms with van der Waals surface area (Å²) >= 11 is 6.16. The lowest BCUT2D eigenvalue weighted by molar-refractivity contribution is 0.102. The van der Waals surface area contributed by atoms with Gasteiger partial charge in [-0.2, -0.15) is 0 Å². The number of halogens is 1. The van der Waals surface area contributed by atoms with E-state index in [0.29, 0.717) is 45.4 Å². The highest BCUT2D eigenvalue weighted by Crippen LogP contribution is 2.28. The average Bonchev–Trinajstić information content (AvgIpc) is 3.00. The normalized spacial score (nSPS) is 14.1. The van der Waals surface area contributed by atoms with E-state index in [9.17, 15) is 13.2 Å². The molecule has 12 heteroatoms. The van der Waals surface area contributed by atoms with Crippen LogP contribution in [0.3, 0.4) is 0 Å². The third-order valence-corrected chi connectivity index (χ3v) is 8.00. The molecule has 2 heterocycles. The molecular weight excluding hydrogens is 602 g/mol. The number of ether oxygens (including phenoxy) is 2. The molecule has 4 aromatic rings. The molecule has 1 saturated heterocycles. The first-order valence-corrected chi connectivity index (χ1v) is 16.3. The zero-order chi connectivity index (χ0) is 31.1. The number of amides is 1. The molecular formula is C32H34ClN5O5S. The fourth-order valence-corrected chi connectivity index (χ4v) is 5.71. The van der Waals surface area contributed by atoms with Gasteiger partial charge >= 0.3 is 0 Å². The van der Waals surface area contributed by atoms with E-state index in [2.05, 4.69) is 25.2 Å². The lowest BCUT2D eigenvalue weighted by Crippen LogP contribution is -2.38. The third kappa shape index (κ3) is 8.85. The maximum atomic E-state index is 12.7. The number of pyridine rings is 1. The summed E-state index contributed by atoms with van der Waals surface area (Å²) in [5, 5.41) is 6.89. The Kier molecular flexibility index (Phi) is 9.89. The molecule has 1 aromatic heterocycles. The van der Waals surface area contributed by atoms with E-state index >= 15 is 0 Å². The van der Waals surface area contributed by atoms with Gasteiger partial charge in [0.2, 0.25) is 15.9 Å². The number of anilines is 3. The van der Waals surface area contributed by atoms with Crippen LogP contribution in [0.2, 0.25) is 5.02 Å². The van der Waals surface area contributed by atoms with E-state index in [4.69, 9.17) is 21.1 Å². The number of methoxy groups -OCH3 is 1. The van der Waals surface area contributed by atoms with Crippen molar-refractivity contribution in [3.05, 3.63) is 101 Å². The average molecular weight is 636 g/mol. The molecule has 1 fully saturated rings. The summed E-state index contributed by atoms with van der Waals surface area (Å²) in [5.74, 6) is 1.37. The molecule has 3 aromatic carbocycles. The molecule has 0 atom stereocenters. The third-order valence-electron chi connectivity index (χ3n) is 7.10. The van der Waals surface area contributed by atoms with Crippen molar-refractivity contribution in [2.45, 2.75) is 25.4 Å². The van der Waals surface area contributed by atoms with Crippen molar-refractivity contribution in [2.24, 2.45) is 0 Å². The highest BCUT2D eigenvalue weighted by molar-refractivity contribution is 7.92. The molecule has 44 heavy (non-hydrogen) atoms. The van der Waals surface area contributed by atoms with Gasteiger partial charge in [-0.15, -0.1) is 0 Å². The number of sulfonamides is 1. The Hall–Kier alpha value is -4.32. The van der Waals surface area contributed by atoms with Crippen LogP contribution in [-0.4, -0.2) is 56.7 Å². The van der Waals surface area contributed by atoms with Crippen LogP contribution in [0.1, 0.15) is 28.8 Å². The number of nitrogens with one attached hydrogen (secondary N) is 3. The predicted molar refractivity (Wildman–Crippen MR) is 174 cm³/mol. The number of carbonyl (C=O) groups excluding carboxylic acids is 1. The Morgan fingerprint density at radius 1 is 0.955 bits per heavy atom. The monoisotopic (exact) mass is 635 g/mol. The number of hydrogen-bond acceptors (Lipinski definition) is 8. The van der Waals surface area contributed by atoms with Crippen molar-refractivity contribution in [3.8, 4) is 17.4 Å². The number of rotatable bonds is 11. The topological polar surface area (TPSA) is 122 Å². The summed E-state index contributed by atoms with van der Waals surface area (Å²) in [7, 11) is -1.78. The van der Waals surface area contributed by atoms with Gasteiger partial charge in [0, 0.05) is 60.6 Å². The smallest absolute Gasteiger partial charge is 0.255 e. The SMILES string of the molecule is COc1ccc(NC(=O)c2ccc(NC3CCN(Cc4ccc(Oc5ccc(NS(C)(=O)=O)cc5)nc4)CC3)cc2)cc1Cl. The molecule has 3 N–H and O–H groups in total. The van der Waals surface area contributed by atoms with Gasteiger partial charge in [0.25, 0.3) is 5.91 Å². The van der Waals surface area contributed by atoms with Crippen LogP contribution in [0.5, 0.6) is 17.4 Å². The first kappa shape index (κ1) is 31.1. The number of piperidine rings is 1. The molecule has 5 rings (SSSR count). The van der Waals surface area contributed by atoms with Crippen molar-refractivity contribution in [3.63, 3.8) is 0 Å². The van der Waals surface area contributed by atoms with Crippen LogP contribution >= 0.6 is 11.6 Å². The summed E-state index contributed by atoms with van der Waals surface area (Å²) in [4.78, 5) is 19.5. The molecule has 1 aliphatic heterocycles. The summed E-state index contributed by atoms with van der Waals surface area (Å²) in [6.07, 6.45) is 4.92. The molecule has 0 saturated carbocycles. The minimum atomic E-state index is -3.33. The van der Waals surface area contributed by atoms with E-state index in [1.54, 1.807) is 49.6 Å². The first-order chi connectivity index (χ1) is 21.1. The van der Waals surface area contributed by atoms with E-state index in [0.717, 1.165) is 50.0 Å². The van der Waals surface area contributed by atoms with Crippen molar-refractivity contribution in [2.75, 3.05) is 41.8 Å². The predicted octanol–water partition coefficient (Wildman–Crippen LogP) is 6.24. The Bertz CT molecular complexity index is 1680. The molecule has 1 amide bonds. The molecule has 1 aliphatic rings. The van der Waals surface area contributed by atoms with Crippen LogP contribution in [0.15, 0.2) is 85.1 Å². The summed E-state index contributed by atoms with van der Waals surface area (Å²) in [6, 6.07) is 23.4. The number of benzene rings is 3. The minimum absolute atomic E-state index is 0.210. The second-order valence-electron chi connectivity index (χ2n) is 10.6. The van der Waals surface area contributed by atoms with Gasteiger partial charge in [-0.3, -0.25) is 14.4 Å². The van der Waals surface area contributed by atoms with Gasteiger partial charge in [-0.1, -0.05) is 17.7 Å². The molecule has 0 radical (unpaired) electrons. The zero-order valence-electron chi connectivity index (χ0n) is 24.4. The summed E-state index contributed by atoms with van der Waals surface area (Å²) < 4.78 is 36.1. The zero-order valence-corrected chi connectivity index (χ0v) is 26.0. The Morgan fingerprint density at radius 2 is 1.64 bits per heavy atom. The van der Waals surface area contributed by atoms with Crippen molar-refractivity contribution >= 4 is 44.6 Å². The number of aromatic nitrogens is 1. The fraction of sp³-hybridized carbons (Fsp3) is 0.250.